The molecule has 2 aliphatic rings. The van der Waals surface area contributed by atoms with Gasteiger partial charge in [0.15, 0.2) is 23.0 Å². The van der Waals surface area contributed by atoms with E-state index in [1.54, 1.807) is 12.1 Å². The lowest BCUT2D eigenvalue weighted by atomic mass is 9.83. The predicted molar refractivity (Wildman–Crippen MR) is 99.7 cm³/mol. The van der Waals surface area contributed by atoms with Crippen LogP contribution in [0.1, 0.15) is 36.5 Å². The van der Waals surface area contributed by atoms with Crippen molar-refractivity contribution in [3.63, 3.8) is 0 Å². The molecule has 0 unspecified atom stereocenters. The maximum Gasteiger partial charge on any atom is 0.165 e. The van der Waals surface area contributed by atoms with E-state index in [0.717, 1.165) is 35.2 Å². The van der Waals surface area contributed by atoms with Crippen molar-refractivity contribution in [1.29, 1.82) is 0 Å². The molecule has 0 amide bonds. The summed E-state index contributed by atoms with van der Waals surface area (Å²) in [6, 6.07) is 7.15. The Bertz CT molecular complexity index is 1020. The predicted octanol–water partition coefficient (Wildman–Crippen LogP) is 3.38. The summed E-state index contributed by atoms with van der Waals surface area (Å²) in [6.45, 7) is 1.34. The molecule has 2 aliphatic heterocycles. The standard InChI is InChI=1S/C21H25NO4/c1-23-18-6-5-13-9-17-15-11-20(25-3)19(24-2)10-14(15)7-8-22(17)12-16(13)21(18)26-4/h5-6,10-11,17H,7-9,12H2,1-4H3/t17-/m0/s1/i1D3,3D3. The fourth-order valence-corrected chi connectivity index (χ4v) is 4.16. The van der Waals surface area contributed by atoms with Crippen LogP contribution in [-0.4, -0.2) is 39.7 Å². The van der Waals surface area contributed by atoms with Gasteiger partial charge in [0.1, 0.15) is 0 Å². The number of benzene rings is 2. The van der Waals surface area contributed by atoms with E-state index in [1.165, 1.54) is 14.2 Å². The van der Waals surface area contributed by atoms with E-state index in [-0.39, 0.29) is 17.5 Å². The van der Waals surface area contributed by atoms with Crippen LogP contribution in [0, 0.1) is 0 Å². The first-order valence-corrected chi connectivity index (χ1v) is 8.50. The van der Waals surface area contributed by atoms with Crippen molar-refractivity contribution in [2.45, 2.75) is 25.4 Å². The Balaban J connectivity index is 1.72. The van der Waals surface area contributed by atoms with Gasteiger partial charge >= 0.3 is 0 Å². The largest absolute Gasteiger partial charge is 0.493 e. The Kier molecular flexibility index (Phi) is 2.93. The topological polar surface area (TPSA) is 40.2 Å². The highest BCUT2D eigenvalue weighted by Gasteiger charge is 2.34. The summed E-state index contributed by atoms with van der Waals surface area (Å²) in [6.07, 6.45) is 1.42. The zero-order valence-corrected chi connectivity index (χ0v) is 14.8. The molecule has 138 valence electrons. The third-order valence-corrected chi connectivity index (χ3v) is 5.41. The SMILES string of the molecule is [2H]C([2H])([2H])Oc1cc2c(cc1OC)CCN1Cc3c(ccc(OC([2H])([2H])[2H])c3OC)C[C@@H]21. The zero-order chi connectivity index (χ0) is 23.3. The summed E-state index contributed by atoms with van der Waals surface area (Å²) in [5.74, 6) is 1.22. The summed E-state index contributed by atoms with van der Waals surface area (Å²) in [5, 5.41) is 0. The number of nitrogens with zero attached hydrogens (tertiary/aromatic N) is 1. The van der Waals surface area contributed by atoms with E-state index in [1.807, 2.05) is 12.1 Å². The van der Waals surface area contributed by atoms with Crippen LogP contribution in [0.15, 0.2) is 24.3 Å². The number of rotatable bonds is 4. The van der Waals surface area contributed by atoms with Gasteiger partial charge in [-0.05, 0) is 47.7 Å². The molecule has 0 radical (unpaired) electrons. The Labute approximate surface area is 162 Å². The highest BCUT2D eigenvalue weighted by molar-refractivity contribution is 5.54. The first-order valence-electron chi connectivity index (χ1n) is 11.5. The normalized spacial score (nSPS) is 22.8. The lowest BCUT2D eigenvalue weighted by Gasteiger charge is -2.42. The van der Waals surface area contributed by atoms with Gasteiger partial charge in [-0.3, -0.25) is 4.90 Å². The molecule has 5 nitrogen and oxygen atoms in total. The summed E-state index contributed by atoms with van der Waals surface area (Å²) in [4.78, 5) is 2.28. The fraction of sp³-hybridized carbons (Fsp3) is 0.429. The lowest BCUT2D eigenvalue weighted by molar-refractivity contribution is 0.157. The molecule has 2 aromatic rings. The van der Waals surface area contributed by atoms with Crippen LogP contribution in [-0.2, 0) is 19.4 Å². The lowest BCUT2D eigenvalue weighted by Crippen LogP contribution is -2.39. The molecule has 0 spiro atoms. The van der Waals surface area contributed by atoms with Gasteiger partial charge < -0.3 is 18.9 Å². The van der Waals surface area contributed by atoms with Crippen LogP contribution in [0.25, 0.3) is 0 Å². The molecule has 2 aromatic carbocycles. The summed E-state index contributed by atoms with van der Waals surface area (Å²) >= 11 is 0. The second kappa shape index (κ2) is 6.72. The van der Waals surface area contributed by atoms with Gasteiger partial charge in [-0.25, -0.2) is 0 Å². The van der Waals surface area contributed by atoms with Crippen molar-refractivity contribution in [2.24, 2.45) is 0 Å². The first kappa shape index (κ1) is 11.3. The van der Waals surface area contributed by atoms with E-state index < -0.39 is 14.1 Å². The van der Waals surface area contributed by atoms with Crippen molar-refractivity contribution in [2.75, 3.05) is 34.8 Å². The molecule has 4 rings (SSSR count). The molecule has 0 saturated carbocycles. The van der Waals surface area contributed by atoms with Crippen molar-refractivity contribution in [3.05, 3.63) is 46.5 Å². The molecule has 0 aliphatic carbocycles. The average molecular weight is 361 g/mol. The number of methoxy groups -OCH3 is 4. The second-order valence-electron chi connectivity index (χ2n) is 6.58. The molecule has 0 bridgehead atoms. The van der Waals surface area contributed by atoms with E-state index in [9.17, 15) is 0 Å². The molecular weight excluding hydrogens is 330 g/mol. The maximum atomic E-state index is 7.47. The van der Waals surface area contributed by atoms with Crippen LogP contribution in [0.3, 0.4) is 0 Å². The molecule has 5 heteroatoms. The van der Waals surface area contributed by atoms with Gasteiger partial charge in [-0.15, -0.1) is 0 Å². The Morgan fingerprint density at radius 1 is 0.962 bits per heavy atom. The minimum atomic E-state index is -2.58. The van der Waals surface area contributed by atoms with Crippen LogP contribution in [0.4, 0.5) is 0 Å². The smallest absolute Gasteiger partial charge is 0.165 e. The van der Waals surface area contributed by atoms with Gasteiger partial charge in [0.25, 0.3) is 0 Å². The molecule has 2 heterocycles. The summed E-state index contributed by atoms with van der Waals surface area (Å²) in [5.41, 5.74) is 4.03. The second-order valence-corrected chi connectivity index (χ2v) is 6.58. The number of ether oxygens (including phenoxy) is 4. The van der Waals surface area contributed by atoms with Gasteiger partial charge in [0.05, 0.1) is 36.5 Å². The first-order chi connectivity index (χ1) is 15.0. The molecule has 0 fully saturated rings. The van der Waals surface area contributed by atoms with Gasteiger partial charge in [-0.1, -0.05) is 6.07 Å². The van der Waals surface area contributed by atoms with Gasteiger partial charge in [-0.2, -0.15) is 0 Å². The van der Waals surface area contributed by atoms with Crippen molar-refractivity contribution < 1.29 is 27.2 Å². The molecule has 1 atom stereocenters. The third kappa shape index (κ3) is 2.58. The van der Waals surface area contributed by atoms with E-state index in [2.05, 4.69) is 4.90 Å². The van der Waals surface area contributed by atoms with E-state index >= 15 is 0 Å². The highest BCUT2D eigenvalue weighted by Crippen LogP contribution is 2.45. The quantitative estimate of drug-likeness (QED) is 0.835. The minimum absolute atomic E-state index is 0.0233. The van der Waals surface area contributed by atoms with Gasteiger partial charge in [0, 0.05) is 24.7 Å². The van der Waals surface area contributed by atoms with Crippen LogP contribution in [0.5, 0.6) is 23.0 Å². The average Bonchev–Trinajstić information content (AvgIpc) is 2.69. The third-order valence-electron chi connectivity index (χ3n) is 5.41. The number of fused-ring (bicyclic) bond motifs is 4. The number of hydrogen-bond acceptors (Lipinski definition) is 5. The fourth-order valence-electron chi connectivity index (χ4n) is 4.16. The van der Waals surface area contributed by atoms with Crippen LogP contribution >= 0.6 is 0 Å². The molecule has 0 aromatic heterocycles. The van der Waals surface area contributed by atoms with Crippen molar-refractivity contribution in [3.8, 4) is 23.0 Å². The molecular formula is C21H25NO4. The highest BCUT2D eigenvalue weighted by atomic mass is 16.5. The Hall–Kier alpha value is -2.40. The van der Waals surface area contributed by atoms with E-state index in [4.69, 9.17) is 27.2 Å². The summed E-state index contributed by atoms with van der Waals surface area (Å²) in [7, 11) is -2.15. The molecule has 0 saturated heterocycles. The van der Waals surface area contributed by atoms with Crippen molar-refractivity contribution >= 4 is 0 Å². The monoisotopic (exact) mass is 361 g/mol. The van der Waals surface area contributed by atoms with Gasteiger partial charge in [0.2, 0.25) is 0 Å². The van der Waals surface area contributed by atoms with Crippen molar-refractivity contribution in [1.82, 2.24) is 4.90 Å². The zero-order valence-electron chi connectivity index (χ0n) is 20.8. The van der Waals surface area contributed by atoms with E-state index in [0.29, 0.717) is 24.5 Å². The molecule has 0 N–H and O–H groups in total. The Morgan fingerprint density at radius 3 is 2.54 bits per heavy atom. The van der Waals surface area contributed by atoms with Crippen LogP contribution in [0.2, 0.25) is 0 Å². The Morgan fingerprint density at radius 2 is 1.77 bits per heavy atom. The molecule has 26 heavy (non-hydrogen) atoms. The maximum absolute atomic E-state index is 7.47. The minimum Gasteiger partial charge on any atom is -0.493 e. The number of hydrogen-bond donors (Lipinski definition) is 0. The van der Waals surface area contributed by atoms with Crippen LogP contribution < -0.4 is 18.9 Å². The summed E-state index contributed by atoms with van der Waals surface area (Å²) < 4.78 is 65.9.